The van der Waals surface area contributed by atoms with Gasteiger partial charge in [-0.2, -0.15) is 0 Å². The summed E-state index contributed by atoms with van der Waals surface area (Å²) in [4.78, 5) is 5.49. The zero-order chi connectivity index (χ0) is 13.1. The van der Waals surface area contributed by atoms with Gasteiger partial charge in [0, 0.05) is 13.1 Å². The van der Waals surface area contributed by atoms with Crippen LogP contribution in [0.25, 0.3) is 0 Å². The van der Waals surface area contributed by atoms with Gasteiger partial charge in [0.15, 0.2) is 0 Å². The van der Waals surface area contributed by atoms with Crippen molar-refractivity contribution in [3.63, 3.8) is 0 Å². The summed E-state index contributed by atoms with van der Waals surface area (Å²) < 4.78 is 0. The maximum absolute atomic E-state index is 2.75. The van der Waals surface area contributed by atoms with Crippen LogP contribution in [0.5, 0.6) is 0 Å². The second-order valence-corrected chi connectivity index (χ2v) is 7.55. The molecule has 0 amide bonds. The summed E-state index contributed by atoms with van der Waals surface area (Å²) in [7, 11) is 0. The largest absolute Gasteiger partial charge is 0.303 e. The predicted molar refractivity (Wildman–Crippen MR) is 81.3 cm³/mol. The van der Waals surface area contributed by atoms with Crippen LogP contribution in [0.3, 0.4) is 0 Å². The zero-order valence-corrected chi connectivity index (χ0v) is 12.8. The highest BCUT2D eigenvalue weighted by Gasteiger charge is 2.29. The summed E-state index contributed by atoms with van der Waals surface area (Å²) >= 11 is 0. The molecule has 3 fully saturated rings. The highest BCUT2D eigenvalue weighted by atomic mass is 15.2. The first kappa shape index (κ1) is 13.9. The van der Waals surface area contributed by atoms with Crippen molar-refractivity contribution in [1.29, 1.82) is 0 Å². The third-order valence-electron chi connectivity index (χ3n) is 5.66. The lowest BCUT2D eigenvalue weighted by Gasteiger charge is -2.40. The Morgan fingerprint density at radius 3 is 1.95 bits per heavy atom. The molecule has 2 heterocycles. The fourth-order valence-electron chi connectivity index (χ4n) is 4.44. The van der Waals surface area contributed by atoms with Crippen molar-refractivity contribution < 1.29 is 0 Å². The van der Waals surface area contributed by atoms with Gasteiger partial charge >= 0.3 is 0 Å². The van der Waals surface area contributed by atoms with E-state index in [1.807, 2.05) is 0 Å². The Labute approximate surface area is 119 Å². The summed E-state index contributed by atoms with van der Waals surface area (Å²) in [6, 6.07) is 0. The molecule has 0 atom stereocenters. The lowest BCUT2D eigenvalue weighted by Crippen LogP contribution is -2.43. The molecule has 2 aliphatic heterocycles. The van der Waals surface area contributed by atoms with E-state index in [4.69, 9.17) is 0 Å². The van der Waals surface area contributed by atoms with Crippen LogP contribution in [0.4, 0.5) is 0 Å². The van der Waals surface area contributed by atoms with Crippen molar-refractivity contribution in [3.8, 4) is 0 Å². The first-order valence-electron chi connectivity index (χ1n) is 8.74. The molecular weight excluding hydrogens is 232 g/mol. The Morgan fingerprint density at radius 1 is 0.737 bits per heavy atom. The Kier molecular flexibility index (Phi) is 4.81. The molecule has 0 radical (unpaired) electrons. The number of likely N-dealkylation sites (tertiary alicyclic amines) is 2. The summed E-state index contributed by atoms with van der Waals surface area (Å²) in [6.45, 7) is 10.7. The van der Waals surface area contributed by atoms with Gasteiger partial charge in [0.2, 0.25) is 0 Å². The lowest BCUT2D eigenvalue weighted by atomic mass is 9.75. The number of hydrogen-bond acceptors (Lipinski definition) is 2. The number of nitrogens with zero attached hydrogens (tertiary/aromatic N) is 2. The fourth-order valence-corrected chi connectivity index (χ4v) is 4.44. The first-order valence-corrected chi connectivity index (χ1v) is 8.74. The Hall–Kier alpha value is -0.0800. The monoisotopic (exact) mass is 264 g/mol. The van der Waals surface area contributed by atoms with E-state index >= 15 is 0 Å². The summed E-state index contributed by atoms with van der Waals surface area (Å²) in [5, 5.41) is 0. The maximum Gasteiger partial charge on any atom is 0.00106 e. The summed E-state index contributed by atoms with van der Waals surface area (Å²) in [5.41, 5.74) is 0. The van der Waals surface area contributed by atoms with Crippen molar-refractivity contribution >= 4 is 0 Å². The van der Waals surface area contributed by atoms with Gasteiger partial charge in [-0.05, 0) is 82.5 Å². The molecule has 1 aliphatic carbocycles. The van der Waals surface area contributed by atoms with Gasteiger partial charge < -0.3 is 9.80 Å². The molecule has 0 bridgehead atoms. The lowest BCUT2D eigenvalue weighted by molar-refractivity contribution is 0.0896. The molecule has 2 saturated heterocycles. The van der Waals surface area contributed by atoms with Crippen molar-refractivity contribution in [3.05, 3.63) is 0 Å². The van der Waals surface area contributed by atoms with Crippen LogP contribution in [0.1, 0.15) is 51.9 Å². The molecule has 110 valence electrons. The third-order valence-corrected chi connectivity index (χ3v) is 5.66. The third kappa shape index (κ3) is 3.95. The van der Waals surface area contributed by atoms with E-state index in [1.165, 1.54) is 84.2 Å². The van der Waals surface area contributed by atoms with Crippen molar-refractivity contribution in [2.75, 3.05) is 39.3 Å². The SMILES string of the molecule is C[C@H]1C[C@H](CN2CCC(CN3CCCCC3)CC2)C1. The Balaban J connectivity index is 1.32. The van der Waals surface area contributed by atoms with Crippen LogP contribution in [0.15, 0.2) is 0 Å². The molecule has 3 aliphatic rings. The van der Waals surface area contributed by atoms with Crippen molar-refractivity contribution in [2.24, 2.45) is 17.8 Å². The minimum absolute atomic E-state index is 0.995. The summed E-state index contributed by atoms with van der Waals surface area (Å²) in [5.74, 6) is 3.05. The van der Waals surface area contributed by atoms with E-state index in [9.17, 15) is 0 Å². The first-order chi connectivity index (χ1) is 9.29. The van der Waals surface area contributed by atoms with Gasteiger partial charge in [-0.15, -0.1) is 0 Å². The van der Waals surface area contributed by atoms with E-state index in [1.54, 1.807) is 0 Å². The van der Waals surface area contributed by atoms with Crippen LogP contribution in [0.2, 0.25) is 0 Å². The van der Waals surface area contributed by atoms with Gasteiger partial charge in [0.25, 0.3) is 0 Å². The normalized spacial score (nSPS) is 35.2. The number of piperidine rings is 2. The van der Waals surface area contributed by atoms with Gasteiger partial charge in [0.1, 0.15) is 0 Å². The Bertz CT molecular complexity index is 258. The smallest absolute Gasteiger partial charge is 0.00106 e. The minimum Gasteiger partial charge on any atom is -0.303 e. The fraction of sp³-hybridized carbons (Fsp3) is 1.00. The maximum atomic E-state index is 2.75. The summed E-state index contributed by atoms with van der Waals surface area (Å²) in [6.07, 6.45) is 10.3. The second kappa shape index (κ2) is 6.58. The molecule has 0 N–H and O–H groups in total. The molecule has 19 heavy (non-hydrogen) atoms. The van der Waals surface area contributed by atoms with E-state index in [0.717, 1.165) is 17.8 Å². The van der Waals surface area contributed by atoms with Gasteiger partial charge in [-0.3, -0.25) is 0 Å². The van der Waals surface area contributed by atoms with Crippen LogP contribution in [-0.4, -0.2) is 49.1 Å². The molecule has 0 aromatic carbocycles. The zero-order valence-electron chi connectivity index (χ0n) is 12.8. The molecular formula is C17H32N2. The molecule has 2 nitrogen and oxygen atoms in total. The standard InChI is InChI=1S/C17H32N2/c1-15-11-17(12-15)14-19-9-5-16(6-10-19)13-18-7-3-2-4-8-18/h15-17H,2-14H2,1H3/t15-,17-. The molecule has 0 unspecified atom stereocenters. The van der Waals surface area contributed by atoms with Gasteiger partial charge in [0.05, 0.1) is 0 Å². The molecule has 0 aromatic heterocycles. The van der Waals surface area contributed by atoms with Crippen LogP contribution >= 0.6 is 0 Å². The van der Waals surface area contributed by atoms with E-state index < -0.39 is 0 Å². The second-order valence-electron chi connectivity index (χ2n) is 7.55. The molecule has 2 heteroatoms. The quantitative estimate of drug-likeness (QED) is 0.769. The molecule has 1 saturated carbocycles. The van der Waals surface area contributed by atoms with Crippen molar-refractivity contribution in [1.82, 2.24) is 9.80 Å². The van der Waals surface area contributed by atoms with E-state index in [2.05, 4.69) is 16.7 Å². The highest BCUT2D eigenvalue weighted by molar-refractivity contribution is 4.82. The topological polar surface area (TPSA) is 6.48 Å². The van der Waals surface area contributed by atoms with E-state index in [0.29, 0.717) is 0 Å². The average Bonchev–Trinajstić information content (AvgIpc) is 2.40. The number of hydrogen-bond donors (Lipinski definition) is 0. The van der Waals surface area contributed by atoms with Crippen molar-refractivity contribution in [2.45, 2.75) is 51.9 Å². The molecule has 3 rings (SSSR count). The van der Waals surface area contributed by atoms with Crippen LogP contribution in [0, 0.1) is 17.8 Å². The predicted octanol–water partition coefficient (Wildman–Crippen LogP) is 3.23. The molecule has 0 spiro atoms. The minimum atomic E-state index is 0.995. The highest BCUT2D eigenvalue weighted by Crippen LogP contribution is 2.34. The molecule has 0 aromatic rings. The average molecular weight is 264 g/mol. The van der Waals surface area contributed by atoms with Crippen LogP contribution < -0.4 is 0 Å². The van der Waals surface area contributed by atoms with Gasteiger partial charge in [-0.25, -0.2) is 0 Å². The van der Waals surface area contributed by atoms with Crippen LogP contribution in [-0.2, 0) is 0 Å². The number of rotatable bonds is 4. The van der Waals surface area contributed by atoms with Gasteiger partial charge in [-0.1, -0.05) is 13.3 Å². The van der Waals surface area contributed by atoms with E-state index in [-0.39, 0.29) is 0 Å². The Morgan fingerprint density at radius 2 is 1.32 bits per heavy atom.